The molecule has 1 fully saturated rings. The van der Waals surface area contributed by atoms with E-state index in [-0.39, 0.29) is 5.41 Å². The highest BCUT2D eigenvalue weighted by molar-refractivity contribution is 7.99. The highest BCUT2D eigenvalue weighted by Gasteiger charge is 2.43. The van der Waals surface area contributed by atoms with Crippen molar-refractivity contribution in [2.45, 2.75) is 40.9 Å². The summed E-state index contributed by atoms with van der Waals surface area (Å²) in [6, 6.07) is 14.8. The van der Waals surface area contributed by atoms with Crippen LogP contribution in [0.4, 0.5) is 0 Å². The number of halogens is 1. The molecule has 2 aromatic carbocycles. The molecule has 0 radical (unpaired) electrons. The van der Waals surface area contributed by atoms with E-state index in [4.69, 9.17) is 11.6 Å². The molecule has 3 heteroatoms. The fraction of sp³-hybridized carbons (Fsp3) is 0.278. The predicted molar refractivity (Wildman–Crippen MR) is 86.3 cm³/mol. The second-order valence-electron chi connectivity index (χ2n) is 5.86. The van der Waals surface area contributed by atoms with E-state index in [9.17, 15) is 4.79 Å². The van der Waals surface area contributed by atoms with E-state index in [1.54, 1.807) is 0 Å². The van der Waals surface area contributed by atoms with E-state index >= 15 is 0 Å². The minimum atomic E-state index is -0.0318. The molecule has 1 nitrogen and oxygen atoms in total. The van der Waals surface area contributed by atoms with Gasteiger partial charge in [0.25, 0.3) is 0 Å². The first-order valence-electron chi connectivity index (χ1n) is 7.28. The Morgan fingerprint density at radius 2 is 1.67 bits per heavy atom. The summed E-state index contributed by atoms with van der Waals surface area (Å²) in [5.74, 6) is 0.389. The molecule has 21 heavy (non-hydrogen) atoms. The van der Waals surface area contributed by atoms with Crippen molar-refractivity contribution in [3.8, 4) is 0 Å². The highest BCUT2D eigenvalue weighted by atomic mass is 35.5. The van der Waals surface area contributed by atoms with E-state index in [2.05, 4.69) is 36.4 Å². The summed E-state index contributed by atoms with van der Waals surface area (Å²) in [7, 11) is 0. The van der Waals surface area contributed by atoms with Gasteiger partial charge in [-0.15, -0.1) is 0 Å². The van der Waals surface area contributed by atoms with Crippen LogP contribution in [0.5, 0.6) is 0 Å². The zero-order chi connectivity index (χ0) is 14.4. The third-order valence-electron chi connectivity index (χ3n) is 4.74. The number of ketones is 1. The Hall–Kier alpha value is -1.25. The van der Waals surface area contributed by atoms with Crippen LogP contribution in [0.15, 0.2) is 52.3 Å². The van der Waals surface area contributed by atoms with Gasteiger partial charge in [-0.1, -0.05) is 41.6 Å². The Balaban J connectivity index is 1.96. The number of benzene rings is 2. The highest BCUT2D eigenvalue weighted by Crippen LogP contribution is 2.55. The number of Topliss-reactive ketones (excluding diaryl/α,β-unsaturated/α-hetero) is 1. The van der Waals surface area contributed by atoms with Crippen LogP contribution < -0.4 is 0 Å². The van der Waals surface area contributed by atoms with Crippen molar-refractivity contribution >= 4 is 29.1 Å². The average molecular weight is 315 g/mol. The molecular formula is C18H15ClOS. The van der Waals surface area contributed by atoms with Gasteiger partial charge in [0.1, 0.15) is 5.78 Å². The van der Waals surface area contributed by atoms with Gasteiger partial charge in [-0.05, 0) is 48.2 Å². The minimum absolute atomic E-state index is 0.0318. The van der Waals surface area contributed by atoms with E-state index in [0.717, 1.165) is 17.9 Å². The van der Waals surface area contributed by atoms with Crippen LogP contribution in [0.3, 0.4) is 0 Å². The molecule has 4 rings (SSSR count). The Bertz CT molecular complexity index is 728. The molecule has 1 saturated carbocycles. The third-order valence-corrected chi connectivity index (χ3v) is 6.13. The maximum absolute atomic E-state index is 11.7. The number of hydrogen-bond donors (Lipinski definition) is 0. The van der Waals surface area contributed by atoms with E-state index in [1.165, 1.54) is 20.9 Å². The van der Waals surface area contributed by atoms with Crippen LogP contribution in [0, 0.1) is 0 Å². The maximum Gasteiger partial charge on any atom is 0.133 e. The number of rotatable bonds is 0. The summed E-state index contributed by atoms with van der Waals surface area (Å²) in [6.07, 6.45) is 3.14. The van der Waals surface area contributed by atoms with E-state index in [1.807, 2.05) is 17.8 Å². The van der Waals surface area contributed by atoms with Crippen LogP contribution in [0.2, 0.25) is 5.02 Å². The molecule has 1 spiro atoms. The topological polar surface area (TPSA) is 17.1 Å². The maximum atomic E-state index is 11.7. The molecule has 0 unspecified atom stereocenters. The zero-order valence-corrected chi connectivity index (χ0v) is 13.1. The lowest BCUT2D eigenvalue weighted by atomic mass is 9.65. The normalized spacial score (nSPS) is 19.2. The molecule has 1 aliphatic carbocycles. The van der Waals surface area contributed by atoms with Crippen LogP contribution in [0.1, 0.15) is 36.8 Å². The van der Waals surface area contributed by atoms with Crippen molar-refractivity contribution in [1.29, 1.82) is 0 Å². The van der Waals surface area contributed by atoms with Gasteiger partial charge in [0, 0.05) is 33.1 Å². The monoisotopic (exact) mass is 314 g/mol. The molecule has 0 saturated heterocycles. The van der Waals surface area contributed by atoms with Crippen molar-refractivity contribution < 1.29 is 4.79 Å². The van der Waals surface area contributed by atoms with Crippen LogP contribution in [0.25, 0.3) is 0 Å². The summed E-state index contributed by atoms with van der Waals surface area (Å²) in [5, 5.41) is 0.782. The lowest BCUT2D eigenvalue weighted by Gasteiger charge is -2.43. The molecule has 2 aromatic rings. The minimum Gasteiger partial charge on any atom is -0.300 e. The largest absolute Gasteiger partial charge is 0.300 e. The first kappa shape index (κ1) is 13.4. The van der Waals surface area contributed by atoms with Gasteiger partial charge in [-0.25, -0.2) is 0 Å². The van der Waals surface area contributed by atoms with Crippen LogP contribution in [-0.4, -0.2) is 5.78 Å². The molecule has 2 aliphatic rings. The molecule has 0 aromatic heterocycles. The molecule has 106 valence electrons. The smallest absolute Gasteiger partial charge is 0.133 e. The summed E-state index contributed by atoms with van der Waals surface area (Å²) < 4.78 is 0. The van der Waals surface area contributed by atoms with Gasteiger partial charge in [0.05, 0.1) is 0 Å². The Labute approximate surface area is 133 Å². The Kier molecular flexibility index (Phi) is 3.13. The summed E-state index contributed by atoms with van der Waals surface area (Å²) in [5.41, 5.74) is 2.65. The molecule has 0 atom stereocenters. The number of hydrogen-bond acceptors (Lipinski definition) is 2. The summed E-state index contributed by atoms with van der Waals surface area (Å²) in [4.78, 5) is 14.4. The molecular weight excluding hydrogens is 300 g/mol. The van der Waals surface area contributed by atoms with E-state index in [0.29, 0.717) is 18.6 Å². The van der Waals surface area contributed by atoms with Gasteiger partial charge in [0.15, 0.2) is 0 Å². The second-order valence-corrected chi connectivity index (χ2v) is 7.38. The Morgan fingerprint density at radius 3 is 2.48 bits per heavy atom. The number of fused-ring (bicyclic) bond motifs is 4. The molecule has 1 heterocycles. The predicted octanol–water partition coefficient (Wildman–Crippen LogP) is 5.23. The summed E-state index contributed by atoms with van der Waals surface area (Å²) in [6.45, 7) is 0. The number of carbonyl (C=O) groups is 1. The van der Waals surface area contributed by atoms with Crippen molar-refractivity contribution in [3.05, 3.63) is 58.6 Å². The molecule has 0 N–H and O–H groups in total. The van der Waals surface area contributed by atoms with Gasteiger partial charge in [-0.3, -0.25) is 4.79 Å². The molecule has 0 amide bonds. The lowest BCUT2D eigenvalue weighted by molar-refractivity contribution is -0.121. The van der Waals surface area contributed by atoms with Crippen molar-refractivity contribution in [2.75, 3.05) is 0 Å². The van der Waals surface area contributed by atoms with Crippen LogP contribution >= 0.6 is 23.4 Å². The Morgan fingerprint density at radius 1 is 0.952 bits per heavy atom. The first-order valence-corrected chi connectivity index (χ1v) is 8.48. The van der Waals surface area contributed by atoms with Gasteiger partial charge < -0.3 is 0 Å². The van der Waals surface area contributed by atoms with Crippen molar-refractivity contribution in [2.24, 2.45) is 0 Å². The fourth-order valence-corrected chi connectivity index (χ4v) is 5.10. The zero-order valence-electron chi connectivity index (χ0n) is 11.6. The van der Waals surface area contributed by atoms with Crippen molar-refractivity contribution in [3.63, 3.8) is 0 Å². The van der Waals surface area contributed by atoms with Gasteiger partial charge >= 0.3 is 0 Å². The number of carbonyl (C=O) groups excluding carboxylic acids is 1. The van der Waals surface area contributed by atoms with Gasteiger partial charge in [0.2, 0.25) is 0 Å². The lowest BCUT2D eigenvalue weighted by Crippen LogP contribution is -2.35. The molecule has 1 aliphatic heterocycles. The van der Waals surface area contributed by atoms with Crippen molar-refractivity contribution in [1.82, 2.24) is 0 Å². The standard InChI is InChI=1S/C18H15ClOS/c19-12-5-6-17-15(11-12)18(9-7-13(20)8-10-18)14-3-1-2-4-16(14)21-17/h1-6,11H,7-10H2. The molecule has 0 bridgehead atoms. The van der Waals surface area contributed by atoms with Gasteiger partial charge in [-0.2, -0.15) is 0 Å². The fourth-order valence-electron chi connectivity index (χ4n) is 3.67. The quantitative estimate of drug-likeness (QED) is 0.662. The SMILES string of the molecule is O=C1CCC2(CC1)c1ccccc1Sc1ccc(Cl)cc12. The average Bonchev–Trinajstić information content (AvgIpc) is 2.51. The summed E-state index contributed by atoms with van der Waals surface area (Å²) >= 11 is 8.07. The second kappa shape index (κ2) is 4.89. The van der Waals surface area contributed by atoms with Crippen LogP contribution in [-0.2, 0) is 10.2 Å². The third kappa shape index (κ3) is 2.04. The first-order chi connectivity index (χ1) is 10.2. The van der Waals surface area contributed by atoms with E-state index < -0.39 is 0 Å².